The molecule has 0 aliphatic rings. The van der Waals surface area contributed by atoms with Crippen molar-refractivity contribution in [3.63, 3.8) is 0 Å². The molecule has 0 spiro atoms. The van der Waals surface area contributed by atoms with Crippen LogP contribution in [0.1, 0.15) is 25.1 Å². The lowest BCUT2D eigenvalue weighted by atomic mass is 10.1. The molecule has 0 saturated heterocycles. The number of nitro groups is 1. The second-order valence-corrected chi connectivity index (χ2v) is 4.84. The Kier molecular flexibility index (Phi) is 3.07. The number of benzene rings is 1. The van der Waals surface area contributed by atoms with Crippen LogP contribution in [0.2, 0.25) is 0 Å². The average Bonchev–Trinajstić information content (AvgIpc) is 2.78. The van der Waals surface area contributed by atoms with Crippen molar-refractivity contribution in [3.05, 3.63) is 45.8 Å². The number of nitrogens with zero attached hydrogens (tertiary/aromatic N) is 4. The first-order valence-electron chi connectivity index (χ1n) is 5.69. The zero-order chi connectivity index (χ0) is 14.2. The predicted octanol–water partition coefficient (Wildman–Crippen LogP) is 1.71. The van der Waals surface area contributed by atoms with Crippen LogP contribution in [0.25, 0.3) is 5.69 Å². The molecule has 0 saturated carbocycles. The first-order valence-corrected chi connectivity index (χ1v) is 5.69. The highest BCUT2D eigenvalue weighted by molar-refractivity contribution is 5.48. The van der Waals surface area contributed by atoms with E-state index in [9.17, 15) is 15.2 Å². The van der Waals surface area contributed by atoms with E-state index in [1.165, 1.54) is 10.7 Å². The van der Waals surface area contributed by atoms with Crippen molar-refractivity contribution >= 4 is 5.69 Å². The molecular weight excluding hydrogens is 248 g/mol. The molecule has 2 aromatic rings. The van der Waals surface area contributed by atoms with Gasteiger partial charge < -0.3 is 5.11 Å². The van der Waals surface area contributed by atoms with Crippen LogP contribution in [0.4, 0.5) is 5.69 Å². The SMILES string of the molecule is Cc1ccc(-n2cc(C(C)(C)O)nn2)cc1[N+](=O)[O-]. The molecule has 0 unspecified atom stereocenters. The maximum atomic E-state index is 10.9. The number of hydrogen-bond acceptors (Lipinski definition) is 5. The van der Waals surface area contributed by atoms with Crippen LogP contribution in [-0.4, -0.2) is 25.0 Å². The van der Waals surface area contributed by atoms with Crippen LogP contribution in [-0.2, 0) is 5.60 Å². The van der Waals surface area contributed by atoms with Crippen molar-refractivity contribution < 1.29 is 10.0 Å². The monoisotopic (exact) mass is 262 g/mol. The van der Waals surface area contributed by atoms with Gasteiger partial charge in [0.1, 0.15) is 11.3 Å². The fourth-order valence-electron chi connectivity index (χ4n) is 1.61. The van der Waals surface area contributed by atoms with Crippen LogP contribution in [0, 0.1) is 17.0 Å². The lowest BCUT2D eigenvalue weighted by Crippen LogP contribution is -2.15. The summed E-state index contributed by atoms with van der Waals surface area (Å²) in [7, 11) is 0. The number of nitro benzene ring substituents is 1. The first kappa shape index (κ1) is 13.2. The Labute approximate surface area is 109 Å². The average molecular weight is 262 g/mol. The van der Waals surface area contributed by atoms with E-state index in [4.69, 9.17) is 0 Å². The smallest absolute Gasteiger partial charge is 0.274 e. The quantitative estimate of drug-likeness (QED) is 0.671. The van der Waals surface area contributed by atoms with Crippen molar-refractivity contribution in [1.29, 1.82) is 0 Å². The van der Waals surface area contributed by atoms with Crippen LogP contribution >= 0.6 is 0 Å². The summed E-state index contributed by atoms with van der Waals surface area (Å²) in [5.74, 6) is 0. The molecule has 19 heavy (non-hydrogen) atoms. The highest BCUT2D eigenvalue weighted by atomic mass is 16.6. The van der Waals surface area contributed by atoms with Gasteiger partial charge in [-0.15, -0.1) is 5.10 Å². The summed E-state index contributed by atoms with van der Waals surface area (Å²) >= 11 is 0. The van der Waals surface area contributed by atoms with Gasteiger partial charge in [0.25, 0.3) is 5.69 Å². The van der Waals surface area contributed by atoms with Crippen LogP contribution < -0.4 is 0 Å². The Bertz CT molecular complexity index is 628. The van der Waals surface area contributed by atoms with Gasteiger partial charge in [0.05, 0.1) is 16.8 Å². The molecule has 0 radical (unpaired) electrons. The van der Waals surface area contributed by atoms with E-state index in [0.717, 1.165) is 0 Å². The third kappa shape index (κ3) is 2.60. The molecule has 7 nitrogen and oxygen atoms in total. The van der Waals surface area contributed by atoms with Gasteiger partial charge in [0, 0.05) is 11.6 Å². The lowest BCUT2D eigenvalue weighted by Gasteiger charge is -2.11. The third-order valence-corrected chi connectivity index (χ3v) is 2.77. The Morgan fingerprint density at radius 2 is 2.11 bits per heavy atom. The Morgan fingerprint density at radius 3 is 2.63 bits per heavy atom. The summed E-state index contributed by atoms with van der Waals surface area (Å²) in [5.41, 5.74) is 0.430. The van der Waals surface area contributed by atoms with E-state index in [1.54, 1.807) is 39.1 Å². The van der Waals surface area contributed by atoms with E-state index >= 15 is 0 Å². The Balaban J connectivity index is 2.45. The minimum atomic E-state index is -1.10. The molecule has 0 bridgehead atoms. The normalized spacial score (nSPS) is 11.6. The largest absolute Gasteiger partial charge is 0.384 e. The highest BCUT2D eigenvalue weighted by Gasteiger charge is 2.21. The maximum absolute atomic E-state index is 10.9. The number of aromatic nitrogens is 3. The van der Waals surface area contributed by atoms with E-state index < -0.39 is 10.5 Å². The molecule has 2 rings (SSSR count). The standard InChI is InChI=1S/C12H14N4O3/c1-8-4-5-9(6-10(8)16(18)19)15-7-11(13-14-15)12(2,3)17/h4-7,17H,1-3H3. The third-order valence-electron chi connectivity index (χ3n) is 2.77. The fourth-order valence-corrected chi connectivity index (χ4v) is 1.61. The van der Waals surface area contributed by atoms with Crippen molar-refractivity contribution in [1.82, 2.24) is 15.0 Å². The molecule has 100 valence electrons. The molecule has 1 aromatic carbocycles. The number of aliphatic hydroxyl groups is 1. The molecule has 0 fully saturated rings. The number of hydrogen-bond donors (Lipinski definition) is 1. The van der Waals surface area contributed by atoms with Gasteiger partial charge in [0.2, 0.25) is 0 Å². The summed E-state index contributed by atoms with van der Waals surface area (Å²) in [5, 5.41) is 28.4. The van der Waals surface area contributed by atoms with Crippen molar-refractivity contribution in [3.8, 4) is 5.69 Å². The van der Waals surface area contributed by atoms with Gasteiger partial charge in [0.15, 0.2) is 0 Å². The molecule has 0 atom stereocenters. The summed E-state index contributed by atoms with van der Waals surface area (Å²) in [6, 6.07) is 4.79. The van der Waals surface area contributed by atoms with Gasteiger partial charge in [-0.25, -0.2) is 4.68 Å². The maximum Gasteiger partial charge on any atom is 0.274 e. The van der Waals surface area contributed by atoms with E-state index in [0.29, 0.717) is 16.9 Å². The van der Waals surface area contributed by atoms with Crippen LogP contribution in [0.15, 0.2) is 24.4 Å². The molecule has 1 aromatic heterocycles. The molecule has 0 amide bonds. The second-order valence-electron chi connectivity index (χ2n) is 4.84. The van der Waals surface area contributed by atoms with Crippen molar-refractivity contribution in [2.45, 2.75) is 26.4 Å². The molecule has 1 heterocycles. The summed E-state index contributed by atoms with van der Waals surface area (Å²) < 4.78 is 1.40. The summed E-state index contributed by atoms with van der Waals surface area (Å²) in [4.78, 5) is 10.5. The minimum absolute atomic E-state index is 0.0257. The van der Waals surface area contributed by atoms with E-state index in [1.807, 2.05) is 0 Å². The van der Waals surface area contributed by atoms with Crippen molar-refractivity contribution in [2.24, 2.45) is 0 Å². The molecule has 0 aliphatic carbocycles. The zero-order valence-corrected chi connectivity index (χ0v) is 10.9. The Morgan fingerprint density at radius 1 is 1.42 bits per heavy atom. The topological polar surface area (TPSA) is 94.1 Å². The first-order chi connectivity index (χ1) is 8.79. The molecule has 1 N–H and O–H groups in total. The van der Waals surface area contributed by atoms with Crippen molar-refractivity contribution in [2.75, 3.05) is 0 Å². The van der Waals surface area contributed by atoms with Crippen LogP contribution in [0.3, 0.4) is 0 Å². The van der Waals surface area contributed by atoms with E-state index in [2.05, 4.69) is 10.3 Å². The lowest BCUT2D eigenvalue weighted by molar-refractivity contribution is -0.385. The number of rotatable bonds is 3. The predicted molar refractivity (Wildman–Crippen MR) is 68.0 cm³/mol. The number of aryl methyl sites for hydroxylation is 1. The summed E-state index contributed by atoms with van der Waals surface area (Å²) in [6.45, 7) is 4.86. The zero-order valence-electron chi connectivity index (χ0n) is 10.9. The van der Waals surface area contributed by atoms with Gasteiger partial charge in [-0.1, -0.05) is 11.3 Å². The van der Waals surface area contributed by atoms with Gasteiger partial charge >= 0.3 is 0 Å². The second kappa shape index (κ2) is 4.43. The van der Waals surface area contributed by atoms with E-state index in [-0.39, 0.29) is 5.69 Å². The van der Waals surface area contributed by atoms with Gasteiger partial charge in [-0.2, -0.15) is 0 Å². The van der Waals surface area contributed by atoms with Crippen LogP contribution in [0.5, 0.6) is 0 Å². The fraction of sp³-hybridized carbons (Fsp3) is 0.333. The minimum Gasteiger partial charge on any atom is -0.384 e. The Hall–Kier alpha value is -2.28. The van der Waals surface area contributed by atoms with Gasteiger partial charge in [-0.05, 0) is 26.8 Å². The summed E-state index contributed by atoms with van der Waals surface area (Å²) in [6.07, 6.45) is 1.55. The molecular formula is C12H14N4O3. The molecule has 0 aliphatic heterocycles. The highest BCUT2D eigenvalue weighted by Crippen LogP contribution is 2.22. The molecule has 7 heteroatoms. The van der Waals surface area contributed by atoms with Gasteiger partial charge in [-0.3, -0.25) is 10.1 Å².